The van der Waals surface area contributed by atoms with Crippen molar-refractivity contribution in [1.82, 2.24) is 4.90 Å². The average molecular weight is 325 g/mol. The van der Waals surface area contributed by atoms with Gasteiger partial charge in [-0.25, -0.2) is 0 Å². The molecule has 0 bridgehead atoms. The first-order valence-corrected chi connectivity index (χ1v) is 7.93. The first-order valence-electron chi connectivity index (χ1n) is 7.93. The summed E-state index contributed by atoms with van der Waals surface area (Å²) in [5, 5.41) is 9.96. The summed E-state index contributed by atoms with van der Waals surface area (Å²) in [5.41, 5.74) is -1.34. The van der Waals surface area contributed by atoms with Crippen LogP contribution in [-0.2, 0) is 9.53 Å². The molecule has 6 heteroatoms. The number of morpholine rings is 1. The Balaban J connectivity index is 1.78. The smallest absolute Gasteiger partial charge is 0.352 e. The van der Waals surface area contributed by atoms with Gasteiger partial charge in [0.1, 0.15) is 11.7 Å². The highest BCUT2D eigenvalue weighted by atomic mass is 19.3. The summed E-state index contributed by atoms with van der Waals surface area (Å²) < 4.78 is 34.6. The van der Waals surface area contributed by atoms with Crippen LogP contribution < -0.4 is 0 Å². The fourth-order valence-corrected chi connectivity index (χ4v) is 3.19. The van der Waals surface area contributed by atoms with Crippen molar-refractivity contribution < 1.29 is 23.4 Å². The van der Waals surface area contributed by atoms with Crippen molar-refractivity contribution in [2.24, 2.45) is 0 Å². The van der Waals surface area contributed by atoms with E-state index in [1.54, 1.807) is 6.92 Å². The lowest BCUT2D eigenvalue weighted by molar-refractivity contribution is -0.228. The summed E-state index contributed by atoms with van der Waals surface area (Å²) >= 11 is 0. The molecule has 2 atom stereocenters. The molecule has 1 aromatic rings. The third kappa shape index (κ3) is 2.85. The molecule has 0 spiro atoms. The minimum Gasteiger partial charge on any atom is -0.383 e. The molecule has 23 heavy (non-hydrogen) atoms. The van der Waals surface area contributed by atoms with Gasteiger partial charge >= 0.3 is 5.92 Å². The van der Waals surface area contributed by atoms with E-state index < -0.39 is 23.5 Å². The first-order chi connectivity index (χ1) is 10.8. The Morgan fingerprint density at radius 2 is 1.96 bits per heavy atom. The highest BCUT2D eigenvalue weighted by Gasteiger charge is 2.62. The molecule has 2 aliphatic rings. The summed E-state index contributed by atoms with van der Waals surface area (Å²) in [5.74, 6) is -5.04. The van der Waals surface area contributed by atoms with Crippen molar-refractivity contribution in [1.29, 1.82) is 0 Å². The second-order valence-corrected chi connectivity index (χ2v) is 6.52. The van der Waals surface area contributed by atoms with E-state index >= 15 is 0 Å². The van der Waals surface area contributed by atoms with Crippen LogP contribution in [0.3, 0.4) is 0 Å². The van der Waals surface area contributed by atoms with E-state index in [1.165, 1.54) is 0 Å². The maximum atomic E-state index is 14.4. The van der Waals surface area contributed by atoms with Gasteiger partial charge in [0.2, 0.25) is 0 Å². The molecule has 1 N–H and O–H groups in total. The van der Waals surface area contributed by atoms with Gasteiger partial charge in [0.25, 0.3) is 5.91 Å². The summed E-state index contributed by atoms with van der Waals surface area (Å²) in [6.45, 7) is 1.93. The fraction of sp³-hybridized carbons (Fsp3) is 0.588. The summed E-state index contributed by atoms with van der Waals surface area (Å²) in [4.78, 5) is 13.5. The van der Waals surface area contributed by atoms with Gasteiger partial charge in [-0.2, -0.15) is 8.78 Å². The lowest BCUT2D eigenvalue weighted by atomic mass is 9.75. The number of amides is 1. The van der Waals surface area contributed by atoms with Crippen molar-refractivity contribution in [2.45, 2.75) is 49.9 Å². The molecule has 1 aromatic carbocycles. The highest BCUT2D eigenvalue weighted by molar-refractivity contribution is 5.85. The number of alkyl halides is 2. The highest BCUT2D eigenvalue weighted by Crippen LogP contribution is 2.45. The Morgan fingerprint density at radius 1 is 1.30 bits per heavy atom. The van der Waals surface area contributed by atoms with Crippen LogP contribution >= 0.6 is 0 Å². The maximum absolute atomic E-state index is 14.4. The normalized spacial score (nSPS) is 27.4. The maximum Gasteiger partial charge on any atom is 0.352 e. The van der Waals surface area contributed by atoms with E-state index in [4.69, 9.17) is 4.74 Å². The zero-order valence-corrected chi connectivity index (χ0v) is 13.0. The molecule has 1 amide bonds. The van der Waals surface area contributed by atoms with E-state index in [9.17, 15) is 18.7 Å². The van der Waals surface area contributed by atoms with Gasteiger partial charge in [0.05, 0.1) is 12.6 Å². The second kappa shape index (κ2) is 5.83. The van der Waals surface area contributed by atoms with E-state index in [-0.39, 0.29) is 32.0 Å². The molecule has 1 saturated heterocycles. The second-order valence-electron chi connectivity index (χ2n) is 6.52. The molecule has 0 radical (unpaired) electrons. The van der Waals surface area contributed by atoms with Crippen LogP contribution in [0.1, 0.15) is 37.9 Å². The molecule has 126 valence electrons. The van der Waals surface area contributed by atoms with Crippen LogP contribution in [0.15, 0.2) is 30.3 Å². The third-order valence-corrected chi connectivity index (χ3v) is 4.75. The van der Waals surface area contributed by atoms with Crippen LogP contribution in [-0.4, -0.2) is 46.6 Å². The molecule has 3 rings (SSSR count). The van der Waals surface area contributed by atoms with Crippen LogP contribution in [0.25, 0.3) is 0 Å². The van der Waals surface area contributed by atoms with Gasteiger partial charge < -0.3 is 14.7 Å². The van der Waals surface area contributed by atoms with Gasteiger partial charge in [-0.15, -0.1) is 0 Å². The number of hydrogen-bond acceptors (Lipinski definition) is 3. The number of aliphatic hydroxyl groups is 1. The quantitative estimate of drug-likeness (QED) is 0.929. The topological polar surface area (TPSA) is 49.8 Å². The Kier molecular flexibility index (Phi) is 4.14. The zero-order valence-electron chi connectivity index (χ0n) is 13.0. The van der Waals surface area contributed by atoms with Crippen molar-refractivity contribution in [3.05, 3.63) is 35.9 Å². The molecule has 2 fully saturated rings. The van der Waals surface area contributed by atoms with Gasteiger partial charge in [-0.3, -0.25) is 4.79 Å². The number of benzene rings is 1. The number of ether oxygens (including phenoxy) is 1. The Bertz CT molecular complexity index is 574. The fourth-order valence-electron chi connectivity index (χ4n) is 3.19. The molecule has 4 nitrogen and oxygen atoms in total. The van der Waals surface area contributed by atoms with Crippen LogP contribution in [0.4, 0.5) is 8.78 Å². The number of halogens is 2. The Hall–Kier alpha value is -1.53. The monoisotopic (exact) mass is 325 g/mol. The van der Waals surface area contributed by atoms with Crippen LogP contribution in [0.2, 0.25) is 0 Å². The molecule has 1 saturated carbocycles. The predicted molar refractivity (Wildman–Crippen MR) is 80.1 cm³/mol. The summed E-state index contributed by atoms with van der Waals surface area (Å²) in [6.07, 6.45) is -0.326. The largest absolute Gasteiger partial charge is 0.383 e. The minimum atomic E-state index is -3.75. The standard InChI is InChI=1S/C17H21F2NO3/c1-12-10-20(11-14(23-12)13-6-3-2-4-7-13)15(21)17(18,19)16(22)8-5-9-16/h2-4,6-7,12,14,22H,5,8-11H2,1H3. The molecular formula is C17H21F2NO3. The van der Waals surface area contributed by atoms with E-state index in [1.807, 2.05) is 30.3 Å². The minimum absolute atomic E-state index is 0.0340. The van der Waals surface area contributed by atoms with Crippen LogP contribution in [0, 0.1) is 0 Å². The summed E-state index contributed by atoms with van der Waals surface area (Å²) in [6, 6.07) is 9.25. The number of nitrogens with zero attached hydrogens (tertiary/aromatic N) is 1. The molecule has 1 aliphatic carbocycles. The molecular weight excluding hydrogens is 304 g/mol. The molecule has 1 heterocycles. The van der Waals surface area contributed by atoms with Crippen molar-refractivity contribution in [2.75, 3.05) is 13.1 Å². The van der Waals surface area contributed by atoms with Crippen molar-refractivity contribution >= 4 is 5.91 Å². The predicted octanol–water partition coefficient (Wildman–Crippen LogP) is 2.53. The van der Waals surface area contributed by atoms with Crippen molar-refractivity contribution in [3.63, 3.8) is 0 Å². The lowest BCUT2D eigenvalue weighted by Crippen LogP contribution is -2.63. The molecule has 2 unspecified atom stereocenters. The van der Waals surface area contributed by atoms with Crippen LogP contribution in [0.5, 0.6) is 0 Å². The summed E-state index contributed by atoms with van der Waals surface area (Å²) in [7, 11) is 0. The van der Waals surface area contributed by atoms with E-state index in [0.29, 0.717) is 6.42 Å². The zero-order chi connectivity index (χ0) is 16.7. The Morgan fingerprint density at radius 3 is 2.52 bits per heavy atom. The molecule has 1 aliphatic heterocycles. The van der Waals surface area contributed by atoms with Gasteiger partial charge in [-0.1, -0.05) is 30.3 Å². The SMILES string of the molecule is CC1CN(C(=O)C(F)(F)C2(O)CCC2)CC(c2ccccc2)O1. The van der Waals surface area contributed by atoms with E-state index in [0.717, 1.165) is 10.5 Å². The lowest BCUT2D eigenvalue weighted by Gasteiger charge is -2.45. The van der Waals surface area contributed by atoms with Gasteiger partial charge in [0, 0.05) is 6.54 Å². The first kappa shape index (κ1) is 16.3. The number of rotatable bonds is 3. The number of carbonyl (C=O) groups is 1. The van der Waals surface area contributed by atoms with E-state index in [2.05, 4.69) is 0 Å². The van der Waals surface area contributed by atoms with Gasteiger partial charge in [-0.05, 0) is 31.7 Å². The average Bonchev–Trinajstić information content (AvgIpc) is 2.52. The van der Waals surface area contributed by atoms with Gasteiger partial charge in [0.15, 0.2) is 0 Å². The van der Waals surface area contributed by atoms with Crippen molar-refractivity contribution in [3.8, 4) is 0 Å². The third-order valence-electron chi connectivity index (χ3n) is 4.75. The number of hydrogen-bond donors (Lipinski definition) is 1. The Labute approximate surface area is 134 Å². The number of carbonyl (C=O) groups excluding carboxylic acids is 1. The molecule has 0 aromatic heterocycles.